The predicted molar refractivity (Wildman–Crippen MR) is 98.1 cm³/mol. The third-order valence-corrected chi connectivity index (χ3v) is 3.99. The zero-order valence-corrected chi connectivity index (χ0v) is 15.7. The number of esters is 1. The van der Waals surface area contributed by atoms with Crippen LogP contribution in [0.4, 0.5) is 0 Å². The summed E-state index contributed by atoms with van der Waals surface area (Å²) in [5, 5.41) is 3.06. The molecule has 0 aliphatic heterocycles. The monoisotopic (exact) mass is 397 g/mol. The minimum Gasteiger partial charge on any atom is -0.497 e. The number of carbonyl (C=O) groups is 2. The lowest BCUT2D eigenvalue weighted by Crippen LogP contribution is -2.30. The lowest BCUT2D eigenvalue weighted by molar-refractivity contribution is -0.143. The first-order valence-corrected chi connectivity index (χ1v) is 8.30. The lowest BCUT2D eigenvalue weighted by atomic mass is 10.2. The van der Waals surface area contributed by atoms with Gasteiger partial charge in [-0.15, -0.1) is 0 Å². The van der Waals surface area contributed by atoms with E-state index in [-0.39, 0.29) is 23.7 Å². The van der Waals surface area contributed by atoms with Crippen LogP contribution in [0.5, 0.6) is 11.5 Å². The first-order valence-electron chi connectivity index (χ1n) is 7.54. The van der Waals surface area contributed by atoms with E-state index in [1.54, 1.807) is 18.2 Å². The Morgan fingerprint density at radius 3 is 2.46 bits per heavy atom. The molecule has 138 valence electrons. The Morgan fingerprint density at radius 2 is 1.81 bits per heavy atom. The van der Waals surface area contributed by atoms with E-state index in [0.29, 0.717) is 22.1 Å². The molecular formula is C18H17Cl2NO5. The second-order valence-corrected chi connectivity index (χ2v) is 5.99. The van der Waals surface area contributed by atoms with Gasteiger partial charge >= 0.3 is 5.97 Å². The average molecular weight is 398 g/mol. The highest BCUT2D eigenvalue weighted by atomic mass is 35.5. The number of hydrogen-bond acceptors (Lipinski definition) is 5. The molecule has 0 aromatic heterocycles. The van der Waals surface area contributed by atoms with Gasteiger partial charge in [0.2, 0.25) is 0 Å². The van der Waals surface area contributed by atoms with E-state index in [1.165, 1.54) is 32.4 Å². The Labute approximate surface area is 160 Å². The van der Waals surface area contributed by atoms with Crippen LogP contribution < -0.4 is 14.8 Å². The predicted octanol–water partition coefficient (Wildman–Crippen LogP) is 3.48. The third kappa shape index (κ3) is 5.28. The molecule has 8 heteroatoms. The van der Waals surface area contributed by atoms with Crippen LogP contribution in [0.3, 0.4) is 0 Å². The number of nitrogens with one attached hydrogen (secondary N) is 1. The van der Waals surface area contributed by atoms with E-state index in [1.807, 2.05) is 0 Å². The van der Waals surface area contributed by atoms with Crippen molar-refractivity contribution in [1.82, 2.24) is 5.32 Å². The summed E-state index contributed by atoms with van der Waals surface area (Å²) >= 11 is 11.7. The lowest BCUT2D eigenvalue weighted by Gasteiger charge is -2.11. The number of halogens is 2. The number of hydrogen-bond donors (Lipinski definition) is 1. The fourth-order valence-electron chi connectivity index (χ4n) is 2.13. The molecule has 0 aliphatic carbocycles. The van der Waals surface area contributed by atoms with Crippen molar-refractivity contribution in [2.24, 2.45) is 0 Å². The van der Waals surface area contributed by atoms with Crippen molar-refractivity contribution in [3.63, 3.8) is 0 Å². The molecule has 6 nitrogen and oxygen atoms in total. The fraction of sp³-hybridized carbons (Fsp3) is 0.222. The summed E-state index contributed by atoms with van der Waals surface area (Å²) in [4.78, 5) is 23.9. The Kier molecular flexibility index (Phi) is 7.12. The smallest absolute Gasteiger partial charge is 0.325 e. The van der Waals surface area contributed by atoms with Crippen LogP contribution in [0.1, 0.15) is 15.9 Å². The minimum absolute atomic E-state index is 0.0171. The highest BCUT2D eigenvalue weighted by Gasteiger charge is 2.13. The van der Waals surface area contributed by atoms with E-state index < -0.39 is 11.9 Å². The van der Waals surface area contributed by atoms with Gasteiger partial charge in [-0.3, -0.25) is 9.59 Å². The molecular weight excluding hydrogens is 381 g/mol. The SMILES string of the molecule is COc1ccc(OC)c(COC(=O)CNC(=O)c2ccc(Cl)cc2Cl)c1. The molecule has 0 heterocycles. The van der Waals surface area contributed by atoms with Crippen molar-refractivity contribution >= 4 is 35.1 Å². The number of ether oxygens (including phenoxy) is 3. The first kappa shape index (κ1) is 19.9. The molecule has 0 saturated carbocycles. The highest BCUT2D eigenvalue weighted by molar-refractivity contribution is 6.36. The molecule has 0 unspecified atom stereocenters. The normalized spacial score (nSPS) is 10.2. The first-order chi connectivity index (χ1) is 12.4. The molecule has 26 heavy (non-hydrogen) atoms. The molecule has 1 amide bonds. The number of benzene rings is 2. The quantitative estimate of drug-likeness (QED) is 0.723. The van der Waals surface area contributed by atoms with Gasteiger partial charge < -0.3 is 19.5 Å². The highest BCUT2D eigenvalue weighted by Crippen LogP contribution is 2.24. The zero-order valence-electron chi connectivity index (χ0n) is 14.2. The fourth-order valence-corrected chi connectivity index (χ4v) is 2.62. The van der Waals surface area contributed by atoms with Crippen molar-refractivity contribution in [2.75, 3.05) is 20.8 Å². The Hall–Kier alpha value is -2.44. The van der Waals surface area contributed by atoms with Crippen LogP contribution in [-0.4, -0.2) is 32.6 Å². The van der Waals surface area contributed by atoms with Gasteiger partial charge in [0.15, 0.2) is 0 Å². The van der Waals surface area contributed by atoms with Crippen molar-refractivity contribution in [3.05, 3.63) is 57.6 Å². The Morgan fingerprint density at radius 1 is 1.04 bits per heavy atom. The van der Waals surface area contributed by atoms with E-state index in [2.05, 4.69) is 5.32 Å². The topological polar surface area (TPSA) is 73.9 Å². The summed E-state index contributed by atoms with van der Waals surface area (Å²) in [7, 11) is 3.05. The molecule has 2 aromatic carbocycles. The maximum Gasteiger partial charge on any atom is 0.325 e. The number of methoxy groups -OCH3 is 2. The van der Waals surface area contributed by atoms with Gasteiger partial charge in [0.25, 0.3) is 5.91 Å². The van der Waals surface area contributed by atoms with Gasteiger partial charge in [0.1, 0.15) is 24.7 Å². The van der Waals surface area contributed by atoms with Crippen molar-refractivity contribution in [1.29, 1.82) is 0 Å². The van der Waals surface area contributed by atoms with Crippen molar-refractivity contribution < 1.29 is 23.8 Å². The average Bonchev–Trinajstić information content (AvgIpc) is 2.64. The van der Waals surface area contributed by atoms with Gasteiger partial charge in [-0.05, 0) is 36.4 Å². The molecule has 2 aromatic rings. The summed E-state index contributed by atoms with van der Waals surface area (Å²) in [6.45, 7) is -0.319. The standard InChI is InChI=1S/C18H17Cl2NO5/c1-24-13-4-6-16(25-2)11(7-13)10-26-17(22)9-21-18(23)14-5-3-12(19)8-15(14)20/h3-8H,9-10H2,1-2H3,(H,21,23). The van der Waals surface area contributed by atoms with Gasteiger partial charge in [-0.25, -0.2) is 0 Å². The van der Waals surface area contributed by atoms with E-state index in [4.69, 9.17) is 37.4 Å². The second kappa shape index (κ2) is 9.31. The van der Waals surface area contributed by atoms with Crippen LogP contribution >= 0.6 is 23.2 Å². The van der Waals surface area contributed by atoms with Crippen molar-refractivity contribution in [3.8, 4) is 11.5 Å². The zero-order chi connectivity index (χ0) is 19.1. The summed E-state index contributed by atoms with van der Waals surface area (Å²) in [6, 6.07) is 9.62. The van der Waals surface area contributed by atoms with Crippen molar-refractivity contribution in [2.45, 2.75) is 6.61 Å². The minimum atomic E-state index is -0.603. The van der Waals surface area contributed by atoms with E-state index >= 15 is 0 Å². The molecule has 2 rings (SSSR count). The molecule has 0 saturated heterocycles. The van der Waals surface area contributed by atoms with E-state index in [0.717, 1.165) is 0 Å². The maximum atomic E-state index is 12.1. The maximum absolute atomic E-state index is 12.1. The van der Waals surface area contributed by atoms with Gasteiger partial charge in [-0.1, -0.05) is 23.2 Å². The number of rotatable bonds is 7. The summed E-state index contributed by atoms with van der Waals surface area (Å²) < 4.78 is 15.5. The summed E-state index contributed by atoms with van der Waals surface area (Å²) in [5.74, 6) is 0.0778. The number of amides is 1. The molecule has 0 bridgehead atoms. The molecule has 0 spiro atoms. The largest absolute Gasteiger partial charge is 0.497 e. The van der Waals surface area contributed by atoms with Crippen LogP contribution in [0.2, 0.25) is 10.0 Å². The van der Waals surface area contributed by atoms with Gasteiger partial charge in [-0.2, -0.15) is 0 Å². The summed E-state index contributed by atoms with van der Waals surface area (Å²) in [6.07, 6.45) is 0. The van der Waals surface area contributed by atoms with Gasteiger partial charge in [0.05, 0.1) is 24.8 Å². The summed E-state index contributed by atoms with van der Waals surface area (Å²) in [5.41, 5.74) is 0.866. The Balaban J connectivity index is 1.90. The van der Waals surface area contributed by atoms with Gasteiger partial charge in [0, 0.05) is 10.6 Å². The molecule has 0 fully saturated rings. The van der Waals surface area contributed by atoms with E-state index in [9.17, 15) is 9.59 Å². The number of carbonyl (C=O) groups excluding carboxylic acids is 2. The van der Waals surface area contributed by atoms with Crippen LogP contribution in [-0.2, 0) is 16.1 Å². The third-order valence-electron chi connectivity index (χ3n) is 3.45. The van der Waals surface area contributed by atoms with Crippen LogP contribution in [0.15, 0.2) is 36.4 Å². The molecule has 1 N–H and O–H groups in total. The molecule has 0 aliphatic rings. The van der Waals surface area contributed by atoms with Crippen LogP contribution in [0, 0.1) is 0 Å². The second-order valence-electron chi connectivity index (χ2n) is 5.15. The Bertz CT molecular complexity index is 810. The van der Waals surface area contributed by atoms with Crippen LogP contribution in [0.25, 0.3) is 0 Å². The molecule has 0 atom stereocenters. The molecule has 0 radical (unpaired) electrons.